The summed E-state index contributed by atoms with van der Waals surface area (Å²) in [6.45, 7) is 1.43. The SMILES string of the molecule is C[C@H](NC(=O)CN1C(=O)Cc2ccccc2C1=O)c1ccc(Cl)cc1Cl. The van der Waals surface area contributed by atoms with Crippen LogP contribution in [0.5, 0.6) is 0 Å². The Labute approximate surface area is 160 Å². The maximum absolute atomic E-state index is 12.5. The molecule has 26 heavy (non-hydrogen) atoms. The molecule has 1 aliphatic rings. The Bertz CT molecular complexity index is 898. The van der Waals surface area contributed by atoms with Gasteiger partial charge in [0.25, 0.3) is 5.91 Å². The van der Waals surface area contributed by atoms with E-state index in [4.69, 9.17) is 23.2 Å². The van der Waals surface area contributed by atoms with Crippen molar-refractivity contribution in [1.29, 1.82) is 0 Å². The summed E-state index contributed by atoms with van der Waals surface area (Å²) >= 11 is 12.0. The Morgan fingerprint density at radius 3 is 2.65 bits per heavy atom. The lowest BCUT2D eigenvalue weighted by Gasteiger charge is -2.27. The van der Waals surface area contributed by atoms with E-state index >= 15 is 0 Å². The first-order valence-corrected chi connectivity index (χ1v) is 8.79. The van der Waals surface area contributed by atoms with Gasteiger partial charge < -0.3 is 5.32 Å². The zero-order valence-corrected chi connectivity index (χ0v) is 15.5. The maximum atomic E-state index is 12.5. The maximum Gasteiger partial charge on any atom is 0.261 e. The lowest BCUT2D eigenvalue weighted by Crippen LogP contribution is -2.47. The van der Waals surface area contributed by atoms with E-state index < -0.39 is 17.9 Å². The molecule has 0 fully saturated rings. The summed E-state index contributed by atoms with van der Waals surface area (Å²) in [5.74, 6) is -1.28. The third kappa shape index (κ3) is 3.74. The molecule has 0 unspecified atom stereocenters. The fraction of sp³-hybridized carbons (Fsp3) is 0.211. The first-order chi connectivity index (χ1) is 12.4. The van der Waals surface area contributed by atoms with E-state index in [1.807, 2.05) is 0 Å². The molecule has 0 spiro atoms. The molecule has 1 aliphatic heterocycles. The van der Waals surface area contributed by atoms with Crippen molar-refractivity contribution in [1.82, 2.24) is 10.2 Å². The number of hydrogen-bond acceptors (Lipinski definition) is 3. The number of amides is 3. The van der Waals surface area contributed by atoms with Crippen molar-refractivity contribution in [3.8, 4) is 0 Å². The fourth-order valence-corrected chi connectivity index (χ4v) is 3.49. The molecule has 0 saturated heterocycles. The van der Waals surface area contributed by atoms with Gasteiger partial charge in [-0.1, -0.05) is 47.5 Å². The van der Waals surface area contributed by atoms with Gasteiger partial charge >= 0.3 is 0 Å². The Morgan fingerprint density at radius 2 is 1.92 bits per heavy atom. The highest BCUT2D eigenvalue weighted by Crippen LogP contribution is 2.26. The van der Waals surface area contributed by atoms with Gasteiger partial charge in [0.1, 0.15) is 6.54 Å². The van der Waals surface area contributed by atoms with Crippen molar-refractivity contribution >= 4 is 40.9 Å². The lowest BCUT2D eigenvalue weighted by atomic mass is 9.98. The minimum absolute atomic E-state index is 0.105. The van der Waals surface area contributed by atoms with Crippen molar-refractivity contribution in [2.75, 3.05) is 6.54 Å². The average Bonchev–Trinajstić information content (AvgIpc) is 2.58. The Hall–Kier alpha value is -2.37. The van der Waals surface area contributed by atoms with Gasteiger partial charge in [-0.05, 0) is 36.2 Å². The van der Waals surface area contributed by atoms with Crippen LogP contribution >= 0.6 is 23.2 Å². The molecule has 1 heterocycles. The highest BCUT2D eigenvalue weighted by atomic mass is 35.5. The van der Waals surface area contributed by atoms with Crippen molar-refractivity contribution in [2.45, 2.75) is 19.4 Å². The highest BCUT2D eigenvalue weighted by Gasteiger charge is 2.32. The van der Waals surface area contributed by atoms with Gasteiger partial charge in [-0.25, -0.2) is 0 Å². The number of halogens is 2. The van der Waals surface area contributed by atoms with E-state index in [0.717, 1.165) is 4.90 Å². The quantitative estimate of drug-likeness (QED) is 0.813. The summed E-state index contributed by atoms with van der Waals surface area (Å²) in [5.41, 5.74) is 1.83. The molecule has 5 nitrogen and oxygen atoms in total. The summed E-state index contributed by atoms with van der Waals surface area (Å²) in [6.07, 6.45) is 0.105. The zero-order chi connectivity index (χ0) is 18.8. The Morgan fingerprint density at radius 1 is 1.19 bits per heavy atom. The summed E-state index contributed by atoms with van der Waals surface area (Å²) in [5, 5.41) is 3.69. The number of carbonyl (C=O) groups excluding carboxylic acids is 3. The second kappa shape index (κ2) is 7.48. The number of rotatable bonds is 4. The van der Waals surface area contributed by atoms with Gasteiger partial charge in [0.2, 0.25) is 11.8 Å². The third-order valence-corrected chi connectivity index (χ3v) is 4.81. The first-order valence-electron chi connectivity index (χ1n) is 8.03. The van der Waals surface area contributed by atoms with Crippen LogP contribution in [0.3, 0.4) is 0 Å². The second-order valence-corrected chi connectivity index (χ2v) is 6.92. The number of fused-ring (bicyclic) bond motifs is 1. The van der Waals surface area contributed by atoms with Gasteiger partial charge in [-0.15, -0.1) is 0 Å². The normalized spacial score (nSPS) is 14.8. The molecular formula is C19H16Cl2N2O3. The Kier molecular flexibility index (Phi) is 5.30. The predicted octanol–water partition coefficient (Wildman–Crippen LogP) is 3.40. The third-order valence-electron chi connectivity index (χ3n) is 4.24. The van der Waals surface area contributed by atoms with E-state index in [1.54, 1.807) is 49.4 Å². The van der Waals surface area contributed by atoms with Gasteiger partial charge in [-0.3, -0.25) is 19.3 Å². The van der Waals surface area contributed by atoms with Crippen LogP contribution in [-0.4, -0.2) is 29.2 Å². The smallest absolute Gasteiger partial charge is 0.261 e. The van der Waals surface area contributed by atoms with Crippen LogP contribution in [-0.2, 0) is 16.0 Å². The van der Waals surface area contributed by atoms with Crippen LogP contribution in [0.25, 0.3) is 0 Å². The van der Waals surface area contributed by atoms with E-state index in [-0.39, 0.29) is 18.9 Å². The molecule has 0 aliphatic carbocycles. The molecule has 3 amide bonds. The monoisotopic (exact) mass is 390 g/mol. The number of hydrogen-bond donors (Lipinski definition) is 1. The molecule has 3 rings (SSSR count). The number of nitrogens with one attached hydrogen (secondary N) is 1. The number of benzene rings is 2. The topological polar surface area (TPSA) is 66.5 Å². The molecule has 0 radical (unpaired) electrons. The minimum Gasteiger partial charge on any atom is -0.348 e. The zero-order valence-electron chi connectivity index (χ0n) is 14.0. The molecule has 7 heteroatoms. The van der Waals surface area contributed by atoms with Crippen LogP contribution in [0.2, 0.25) is 10.0 Å². The second-order valence-electron chi connectivity index (χ2n) is 6.07. The molecule has 1 atom stereocenters. The highest BCUT2D eigenvalue weighted by molar-refractivity contribution is 6.35. The number of carbonyl (C=O) groups is 3. The lowest BCUT2D eigenvalue weighted by molar-refractivity contribution is -0.133. The molecule has 134 valence electrons. The summed E-state index contributed by atoms with van der Waals surface area (Å²) in [4.78, 5) is 38.1. The van der Waals surface area contributed by atoms with Gasteiger partial charge in [0, 0.05) is 15.6 Å². The Balaban J connectivity index is 1.70. The number of nitrogens with zero attached hydrogens (tertiary/aromatic N) is 1. The molecule has 0 bridgehead atoms. The van der Waals surface area contributed by atoms with Crippen LogP contribution in [0, 0.1) is 0 Å². The molecule has 0 aromatic heterocycles. The van der Waals surface area contributed by atoms with Crippen LogP contribution in [0.15, 0.2) is 42.5 Å². The molecule has 2 aromatic carbocycles. The van der Waals surface area contributed by atoms with Gasteiger partial charge in [0.15, 0.2) is 0 Å². The van der Waals surface area contributed by atoms with E-state index in [0.29, 0.717) is 26.7 Å². The average molecular weight is 391 g/mol. The summed E-state index contributed by atoms with van der Waals surface area (Å²) in [7, 11) is 0. The van der Waals surface area contributed by atoms with Crippen LogP contribution in [0.1, 0.15) is 34.5 Å². The molecule has 2 aromatic rings. The van der Waals surface area contributed by atoms with E-state index in [2.05, 4.69) is 5.32 Å². The molecular weight excluding hydrogens is 375 g/mol. The van der Waals surface area contributed by atoms with Crippen molar-refractivity contribution in [2.24, 2.45) is 0 Å². The van der Waals surface area contributed by atoms with Crippen molar-refractivity contribution < 1.29 is 14.4 Å². The van der Waals surface area contributed by atoms with Crippen LogP contribution < -0.4 is 5.32 Å². The van der Waals surface area contributed by atoms with E-state index in [9.17, 15) is 14.4 Å². The minimum atomic E-state index is -0.454. The molecule has 1 N–H and O–H groups in total. The number of imide groups is 1. The largest absolute Gasteiger partial charge is 0.348 e. The summed E-state index contributed by atoms with van der Waals surface area (Å²) in [6, 6.07) is 11.5. The van der Waals surface area contributed by atoms with Crippen LogP contribution in [0.4, 0.5) is 0 Å². The van der Waals surface area contributed by atoms with Gasteiger partial charge in [-0.2, -0.15) is 0 Å². The molecule has 0 saturated carbocycles. The summed E-state index contributed by atoms with van der Waals surface area (Å²) < 4.78 is 0. The van der Waals surface area contributed by atoms with Gasteiger partial charge in [0.05, 0.1) is 12.5 Å². The van der Waals surface area contributed by atoms with Crippen molar-refractivity contribution in [3.63, 3.8) is 0 Å². The predicted molar refractivity (Wildman–Crippen MR) is 99.2 cm³/mol. The van der Waals surface area contributed by atoms with E-state index in [1.165, 1.54) is 0 Å². The fourth-order valence-electron chi connectivity index (χ4n) is 2.92. The standard InChI is InChI=1S/C19H16Cl2N2O3/c1-11(14-7-6-13(20)9-16(14)21)22-17(24)10-23-18(25)8-12-4-2-3-5-15(12)19(23)26/h2-7,9,11H,8,10H2,1H3,(H,22,24)/t11-/m0/s1. The first kappa shape index (κ1) is 18.4. The van der Waals surface area contributed by atoms with Crippen molar-refractivity contribution in [3.05, 3.63) is 69.2 Å².